The normalized spacial score (nSPS) is 54.4. The maximum absolute atomic E-state index is 13.4. The number of rotatable bonds is 3. The first kappa shape index (κ1) is 24.9. The second-order valence-electron chi connectivity index (χ2n) is 15.0. The lowest BCUT2D eigenvalue weighted by Crippen LogP contribution is -2.59. The first-order valence-corrected chi connectivity index (χ1v) is 14.0. The van der Waals surface area contributed by atoms with Crippen LogP contribution in [0.25, 0.3) is 0 Å². The number of aliphatic hydroxyl groups is 1. The summed E-state index contributed by atoms with van der Waals surface area (Å²) in [5, 5.41) is 10.6. The van der Waals surface area contributed by atoms with Crippen LogP contribution < -0.4 is 0 Å². The van der Waals surface area contributed by atoms with Crippen LogP contribution in [0.5, 0.6) is 0 Å². The van der Waals surface area contributed by atoms with Gasteiger partial charge in [0.25, 0.3) is 0 Å². The fourth-order valence-electron chi connectivity index (χ4n) is 11.0. The van der Waals surface area contributed by atoms with E-state index in [1.807, 2.05) is 13.8 Å². The van der Waals surface area contributed by atoms with Crippen LogP contribution in [0.2, 0.25) is 0 Å². The monoisotopic (exact) mass is 472 g/mol. The van der Waals surface area contributed by atoms with Gasteiger partial charge in [0.2, 0.25) is 0 Å². The number of ketones is 1. The number of hydrogen-bond donors (Lipinski definition) is 1. The van der Waals surface area contributed by atoms with Crippen LogP contribution in [0.15, 0.2) is 0 Å². The number of fused-ring (bicyclic) bond motifs is 5. The third-order valence-corrected chi connectivity index (χ3v) is 13.1. The summed E-state index contributed by atoms with van der Waals surface area (Å²) in [6, 6.07) is 0. The Morgan fingerprint density at radius 1 is 0.853 bits per heavy atom. The fraction of sp³-hybridized carbons (Fsp3) is 0.933. The van der Waals surface area contributed by atoms with E-state index in [0.29, 0.717) is 23.7 Å². The van der Waals surface area contributed by atoms with Crippen molar-refractivity contribution in [2.45, 2.75) is 124 Å². The second kappa shape index (κ2) is 7.18. The summed E-state index contributed by atoms with van der Waals surface area (Å²) in [5.74, 6) is 1.50. The second-order valence-corrected chi connectivity index (χ2v) is 15.0. The van der Waals surface area contributed by atoms with Crippen LogP contribution in [0, 0.1) is 51.2 Å². The molecule has 4 saturated carbocycles. The van der Waals surface area contributed by atoms with Crippen LogP contribution >= 0.6 is 0 Å². The minimum Gasteiger partial charge on any atom is -0.388 e. The maximum atomic E-state index is 13.4. The van der Waals surface area contributed by atoms with Crippen LogP contribution in [-0.2, 0) is 14.3 Å². The molecule has 4 heteroatoms. The highest BCUT2D eigenvalue weighted by molar-refractivity contribution is 6.00. The number of aldehydes is 1. The molecule has 0 spiro atoms. The number of carbonyl (C=O) groups is 2. The first-order valence-electron chi connectivity index (χ1n) is 14.0. The van der Waals surface area contributed by atoms with Crippen LogP contribution in [0.3, 0.4) is 0 Å². The van der Waals surface area contributed by atoms with Crippen molar-refractivity contribution in [1.82, 2.24) is 0 Å². The summed E-state index contributed by atoms with van der Waals surface area (Å²) in [7, 11) is 0. The highest BCUT2D eigenvalue weighted by atomic mass is 16.5. The predicted octanol–water partition coefficient (Wildman–Crippen LogP) is 5.98. The van der Waals surface area contributed by atoms with E-state index in [9.17, 15) is 14.7 Å². The Labute approximate surface area is 207 Å². The molecule has 4 nitrogen and oxygen atoms in total. The van der Waals surface area contributed by atoms with Crippen molar-refractivity contribution in [3.05, 3.63) is 0 Å². The summed E-state index contributed by atoms with van der Waals surface area (Å²) in [4.78, 5) is 25.7. The molecular weight excluding hydrogens is 424 g/mol. The summed E-state index contributed by atoms with van der Waals surface area (Å²) in [5.41, 5.74) is -1.25. The van der Waals surface area contributed by atoms with Gasteiger partial charge in [-0.3, -0.25) is 4.79 Å². The Balaban J connectivity index is 1.48. The van der Waals surface area contributed by atoms with Crippen molar-refractivity contribution in [2.24, 2.45) is 51.2 Å². The maximum Gasteiger partial charge on any atom is 0.149 e. The molecule has 1 N–H and O–H groups in total. The highest BCUT2D eigenvalue weighted by Gasteiger charge is 2.73. The van der Waals surface area contributed by atoms with Gasteiger partial charge in [0, 0.05) is 5.41 Å². The summed E-state index contributed by atoms with van der Waals surface area (Å²) in [6.07, 6.45) is 9.71. The van der Waals surface area contributed by atoms with Gasteiger partial charge in [-0.25, -0.2) is 0 Å². The lowest BCUT2D eigenvalue weighted by atomic mass is 9.40. The zero-order valence-electron chi connectivity index (χ0n) is 22.9. The van der Waals surface area contributed by atoms with Crippen molar-refractivity contribution in [3.8, 4) is 0 Å². The standard InChI is InChI=1S/C30H48O4/c1-25(2)21-10-9-18-19(30(21,8)20(17-31)24(25)32)11-14-28(6)22(12-15-27(18,28)5)29(7)16-13-23(34-29)26(3,4)33/h17-23,33H,9-16H2,1-8H3/t18-,19+,20+,21+,22+,23+,27+,28-,29-,30+/m1/s1. The van der Waals surface area contributed by atoms with Crippen LogP contribution in [-0.4, -0.2) is 34.5 Å². The zero-order chi connectivity index (χ0) is 25.1. The van der Waals surface area contributed by atoms with E-state index in [2.05, 4.69) is 41.5 Å². The summed E-state index contributed by atoms with van der Waals surface area (Å²) in [6.45, 7) is 17.6. The molecule has 5 aliphatic rings. The van der Waals surface area contributed by atoms with Crippen molar-refractivity contribution < 1.29 is 19.4 Å². The van der Waals surface area contributed by atoms with E-state index in [0.717, 1.165) is 38.4 Å². The molecule has 34 heavy (non-hydrogen) atoms. The molecule has 10 atom stereocenters. The van der Waals surface area contributed by atoms with Gasteiger partial charge in [-0.15, -0.1) is 0 Å². The lowest BCUT2D eigenvalue weighted by Gasteiger charge is -2.64. The van der Waals surface area contributed by atoms with E-state index in [4.69, 9.17) is 4.74 Å². The molecule has 1 saturated heterocycles. The minimum absolute atomic E-state index is 0.0984. The van der Waals surface area contributed by atoms with E-state index in [1.165, 1.54) is 19.3 Å². The van der Waals surface area contributed by atoms with E-state index >= 15 is 0 Å². The Morgan fingerprint density at radius 2 is 1.50 bits per heavy atom. The molecule has 0 amide bonds. The van der Waals surface area contributed by atoms with E-state index in [-0.39, 0.29) is 33.7 Å². The van der Waals surface area contributed by atoms with Gasteiger partial charge in [-0.2, -0.15) is 0 Å². The molecule has 192 valence electrons. The fourth-order valence-corrected chi connectivity index (χ4v) is 11.0. The molecular formula is C30H48O4. The average Bonchev–Trinajstić information content (AvgIpc) is 3.31. The zero-order valence-corrected chi connectivity index (χ0v) is 22.9. The quantitative estimate of drug-likeness (QED) is 0.405. The molecule has 0 radical (unpaired) electrons. The Bertz CT molecular complexity index is 887. The van der Waals surface area contributed by atoms with Crippen LogP contribution in [0.4, 0.5) is 0 Å². The van der Waals surface area contributed by atoms with Crippen molar-refractivity contribution in [3.63, 3.8) is 0 Å². The van der Waals surface area contributed by atoms with Gasteiger partial charge < -0.3 is 14.6 Å². The van der Waals surface area contributed by atoms with E-state index < -0.39 is 16.9 Å². The molecule has 0 aromatic carbocycles. The molecule has 0 bridgehead atoms. The SMILES string of the molecule is CC(C)(O)[C@@H]1CC[C@](C)([C@H]2CC[C@@]3(C)[C@@H]4CC[C@H]5C(C)(C)C(=O)[C@H](C=O)[C@]5(C)[C@H]4CC[C@]23C)O1. The number of hydrogen-bond acceptors (Lipinski definition) is 4. The van der Waals surface area contributed by atoms with Crippen molar-refractivity contribution in [1.29, 1.82) is 0 Å². The third kappa shape index (κ3) is 2.85. The van der Waals surface area contributed by atoms with Gasteiger partial charge in [-0.1, -0.05) is 34.6 Å². The van der Waals surface area contributed by atoms with Gasteiger partial charge in [0.1, 0.15) is 12.1 Å². The predicted molar refractivity (Wildman–Crippen MR) is 133 cm³/mol. The molecule has 5 rings (SSSR count). The Kier molecular flexibility index (Phi) is 5.27. The smallest absolute Gasteiger partial charge is 0.149 e. The highest BCUT2D eigenvalue weighted by Crippen LogP contribution is 2.76. The van der Waals surface area contributed by atoms with Gasteiger partial charge >= 0.3 is 0 Å². The first-order chi connectivity index (χ1) is 15.6. The molecule has 0 aromatic rings. The number of carbonyl (C=O) groups excluding carboxylic acids is 2. The van der Waals surface area contributed by atoms with Gasteiger partial charge in [0.15, 0.2) is 0 Å². The average molecular weight is 473 g/mol. The minimum atomic E-state index is -0.809. The van der Waals surface area contributed by atoms with Gasteiger partial charge in [0.05, 0.1) is 23.2 Å². The Morgan fingerprint density at radius 3 is 2.09 bits per heavy atom. The summed E-state index contributed by atoms with van der Waals surface area (Å²) < 4.78 is 6.72. The topological polar surface area (TPSA) is 63.6 Å². The molecule has 1 aliphatic heterocycles. The van der Waals surface area contributed by atoms with Crippen LogP contribution in [0.1, 0.15) is 107 Å². The number of Topliss-reactive ketones (excluding diaryl/α,β-unsaturated/α-hetero) is 1. The molecule has 0 aromatic heterocycles. The Hall–Kier alpha value is -0.740. The van der Waals surface area contributed by atoms with Gasteiger partial charge in [-0.05, 0) is 112 Å². The largest absolute Gasteiger partial charge is 0.388 e. The van der Waals surface area contributed by atoms with E-state index in [1.54, 1.807) is 0 Å². The number of ether oxygens (including phenoxy) is 1. The summed E-state index contributed by atoms with van der Waals surface area (Å²) >= 11 is 0. The molecule has 5 fully saturated rings. The molecule has 1 heterocycles. The molecule has 4 aliphatic carbocycles. The third-order valence-electron chi connectivity index (χ3n) is 13.1. The molecule has 0 unspecified atom stereocenters. The lowest BCUT2D eigenvalue weighted by molar-refractivity contribution is -0.190. The van der Waals surface area contributed by atoms with Crippen molar-refractivity contribution >= 4 is 12.1 Å². The van der Waals surface area contributed by atoms with Crippen molar-refractivity contribution in [2.75, 3.05) is 0 Å².